The Labute approximate surface area is 188 Å². The van der Waals surface area contributed by atoms with E-state index < -0.39 is 0 Å². The van der Waals surface area contributed by atoms with Gasteiger partial charge < -0.3 is 4.90 Å². The summed E-state index contributed by atoms with van der Waals surface area (Å²) >= 11 is 0. The van der Waals surface area contributed by atoms with Gasteiger partial charge in [0.15, 0.2) is 0 Å². The highest BCUT2D eigenvalue weighted by molar-refractivity contribution is 6.35. The molecule has 0 spiro atoms. The number of fused-ring (bicyclic) bond motifs is 1. The third kappa shape index (κ3) is 3.52. The molecule has 2 aliphatic rings. The van der Waals surface area contributed by atoms with E-state index in [2.05, 4.69) is 29.2 Å². The molecular formula is C28H26N2O2. The fourth-order valence-electron chi connectivity index (χ4n) is 4.79. The Hall–Kier alpha value is -3.66. The number of nitrogens with zero attached hydrogens (tertiary/aromatic N) is 2. The first-order chi connectivity index (χ1) is 15.5. The van der Waals surface area contributed by atoms with Crippen molar-refractivity contribution in [2.75, 3.05) is 6.54 Å². The van der Waals surface area contributed by atoms with Crippen LogP contribution in [0.5, 0.6) is 0 Å². The van der Waals surface area contributed by atoms with Crippen molar-refractivity contribution in [2.45, 2.75) is 33.4 Å². The first-order valence-corrected chi connectivity index (χ1v) is 11.1. The fourth-order valence-corrected chi connectivity index (χ4v) is 4.79. The zero-order valence-electron chi connectivity index (χ0n) is 18.5. The molecule has 0 bridgehead atoms. The molecule has 5 rings (SSSR count). The minimum Gasteiger partial charge on any atom is -0.362 e. The lowest BCUT2D eigenvalue weighted by molar-refractivity contribution is -0.138. The number of imide groups is 1. The molecule has 2 aliphatic heterocycles. The molecule has 4 heteroatoms. The molecule has 3 aromatic carbocycles. The van der Waals surface area contributed by atoms with Crippen molar-refractivity contribution in [2.24, 2.45) is 0 Å². The average molecular weight is 423 g/mol. The molecule has 0 atom stereocenters. The quantitative estimate of drug-likeness (QED) is 0.575. The van der Waals surface area contributed by atoms with Crippen molar-refractivity contribution in [1.82, 2.24) is 9.80 Å². The lowest BCUT2D eigenvalue weighted by Crippen LogP contribution is -2.37. The zero-order valence-corrected chi connectivity index (χ0v) is 18.5. The molecule has 160 valence electrons. The van der Waals surface area contributed by atoms with E-state index in [0.717, 1.165) is 35.2 Å². The van der Waals surface area contributed by atoms with Crippen LogP contribution in [0, 0.1) is 13.8 Å². The van der Waals surface area contributed by atoms with Crippen LogP contribution in [0.2, 0.25) is 0 Å². The van der Waals surface area contributed by atoms with Crippen LogP contribution in [0.3, 0.4) is 0 Å². The van der Waals surface area contributed by atoms with Crippen LogP contribution in [-0.2, 0) is 29.1 Å². The van der Waals surface area contributed by atoms with Gasteiger partial charge in [0.1, 0.15) is 5.70 Å². The highest BCUT2D eigenvalue weighted by Crippen LogP contribution is 2.36. The van der Waals surface area contributed by atoms with Crippen LogP contribution < -0.4 is 0 Å². The topological polar surface area (TPSA) is 40.6 Å². The summed E-state index contributed by atoms with van der Waals surface area (Å²) < 4.78 is 0. The number of rotatable bonds is 4. The summed E-state index contributed by atoms with van der Waals surface area (Å²) in [6.07, 6.45) is 0.861. The van der Waals surface area contributed by atoms with Crippen molar-refractivity contribution < 1.29 is 9.59 Å². The second-order valence-corrected chi connectivity index (χ2v) is 8.66. The molecule has 0 unspecified atom stereocenters. The molecule has 3 aromatic rings. The van der Waals surface area contributed by atoms with Gasteiger partial charge in [-0.15, -0.1) is 0 Å². The van der Waals surface area contributed by atoms with Crippen LogP contribution in [0.1, 0.15) is 33.4 Å². The Kier molecular flexibility index (Phi) is 5.14. The van der Waals surface area contributed by atoms with E-state index in [-0.39, 0.29) is 18.4 Å². The molecule has 0 radical (unpaired) electrons. The Bertz CT molecular complexity index is 1240. The molecule has 4 nitrogen and oxygen atoms in total. The van der Waals surface area contributed by atoms with E-state index in [4.69, 9.17) is 0 Å². The summed E-state index contributed by atoms with van der Waals surface area (Å²) in [4.78, 5) is 30.9. The maximum Gasteiger partial charge on any atom is 0.278 e. The second-order valence-electron chi connectivity index (χ2n) is 8.66. The molecule has 2 heterocycles. The average Bonchev–Trinajstić information content (AvgIpc) is 3.04. The third-order valence-corrected chi connectivity index (χ3v) is 6.43. The Morgan fingerprint density at radius 2 is 1.53 bits per heavy atom. The standard InChI is InChI=1S/C28H26N2O2/c1-19-12-13-24(20(2)16-19)25-26(29-15-14-22-10-6-7-11-23(22)18-29)28(32)30(27(25)31)17-21-8-4-3-5-9-21/h3-13,16H,14-15,17-18H2,1-2H3. The van der Waals surface area contributed by atoms with Gasteiger partial charge in [0.05, 0.1) is 12.1 Å². The predicted molar refractivity (Wildman–Crippen MR) is 125 cm³/mol. The maximum absolute atomic E-state index is 13.7. The molecule has 0 aromatic heterocycles. The van der Waals surface area contributed by atoms with Gasteiger partial charge in [-0.2, -0.15) is 0 Å². The van der Waals surface area contributed by atoms with E-state index in [1.54, 1.807) is 0 Å². The Balaban J connectivity index is 1.59. The van der Waals surface area contributed by atoms with Gasteiger partial charge in [0.2, 0.25) is 0 Å². The minimum absolute atomic E-state index is 0.201. The monoisotopic (exact) mass is 422 g/mol. The third-order valence-electron chi connectivity index (χ3n) is 6.43. The number of hydrogen-bond donors (Lipinski definition) is 0. The summed E-state index contributed by atoms with van der Waals surface area (Å²) in [6, 6.07) is 24.1. The molecule has 0 aliphatic carbocycles. The normalized spacial score (nSPS) is 16.1. The molecule has 0 fully saturated rings. The summed E-state index contributed by atoms with van der Waals surface area (Å²) in [5.74, 6) is -0.409. The number of carbonyl (C=O) groups is 2. The van der Waals surface area contributed by atoms with E-state index in [9.17, 15) is 9.59 Å². The number of hydrogen-bond acceptors (Lipinski definition) is 3. The Morgan fingerprint density at radius 1 is 0.812 bits per heavy atom. The van der Waals surface area contributed by atoms with Crippen molar-refractivity contribution in [3.8, 4) is 0 Å². The fraction of sp³-hybridized carbons (Fsp3) is 0.214. The summed E-state index contributed by atoms with van der Waals surface area (Å²) in [7, 11) is 0. The van der Waals surface area contributed by atoms with Gasteiger partial charge in [-0.1, -0.05) is 78.4 Å². The van der Waals surface area contributed by atoms with Gasteiger partial charge in [0.25, 0.3) is 11.8 Å². The van der Waals surface area contributed by atoms with Crippen molar-refractivity contribution >= 4 is 17.4 Å². The SMILES string of the molecule is Cc1ccc(C2=C(N3CCc4ccccc4C3)C(=O)N(Cc3ccccc3)C2=O)c(C)c1. The smallest absolute Gasteiger partial charge is 0.278 e. The van der Waals surface area contributed by atoms with Crippen LogP contribution in [-0.4, -0.2) is 28.2 Å². The second kappa shape index (κ2) is 8.12. The highest BCUT2D eigenvalue weighted by Gasteiger charge is 2.42. The summed E-state index contributed by atoms with van der Waals surface area (Å²) in [5.41, 5.74) is 7.53. The van der Waals surface area contributed by atoms with Crippen LogP contribution >= 0.6 is 0 Å². The number of carbonyl (C=O) groups excluding carboxylic acids is 2. The molecule has 0 saturated carbocycles. The Morgan fingerprint density at radius 3 is 2.28 bits per heavy atom. The zero-order chi connectivity index (χ0) is 22.2. The molecule has 2 amide bonds. The number of benzene rings is 3. The van der Waals surface area contributed by atoms with Gasteiger partial charge in [-0.05, 0) is 48.1 Å². The summed E-state index contributed by atoms with van der Waals surface area (Å²) in [5, 5.41) is 0. The van der Waals surface area contributed by atoms with Gasteiger partial charge >= 0.3 is 0 Å². The number of aryl methyl sites for hydroxylation is 2. The minimum atomic E-state index is -0.209. The van der Waals surface area contributed by atoms with Gasteiger partial charge in [-0.25, -0.2) is 0 Å². The molecule has 0 N–H and O–H groups in total. The van der Waals surface area contributed by atoms with E-state index in [0.29, 0.717) is 17.8 Å². The predicted octanol–water partition coefficient (Wildman–Crippen LogP) is 4.64. The maximum atomic E-state index is 13.7. The van der Waals surface area contributed by atoms with Crippen LogP contribution in [0.15, 0.2) is 78.5 Å². The molecule has 0 saturated heterocycles. The summed E-state index contributed by atoms with van der Waals surface area (Å²) in [6.45, 7) is 5.69. The van der Waals surface area contributed by atoms with Crippen molar-refractivity contribution in [3.63, 3.8) is 0 Å². The van der Waals surface area contributed by atoms with Crippen LogP contribution in [0.4, 0.5) is 0 Å². The first-order valence-electron chi connectivity index (χ1n) is 11.1. The van der Waals surface area contributed by atoms with Crippen molar-refractivity contribution in [1.29, 1.82) is 0 Å². The first kappa shape index (κ1) is 20.3. The number of amides is 2. The van der Waals surface area contributed by atoms with E-state index in [1.165, 1.54) is 16.0 Å². The largest absolute Gasteiger partial charge is 0.362 e. The van der Waals surface area contributed by atoms with Gasteiger partial charge in [0, 0.05) is 13.1 Å². The van der Waals surface area contributed by atoms with E-state index in [1.807, 2.05) is 62.4 Å². The highest BCUT2D eigenvalue weighted by atomic mass is 16.2. The van der Waals surface area contributed by atoms with Gasteiger partial charge in [-0.3, -0.25) is 14.5 Å². The molecular weight excluding hydrogens is 396 g/mol. The van der Waals surface area contributed by atoms with Crippen LogP contribution in [0.25, 0.3) is 5.57 Å². The lowest BCUT2D eigenvalue weighted by atomic mass is 9.95. The lowest BCUT2D eigenvalue weighted by Gasteiger charge is -2.31. The van der Waals surface area contributed by atoms with E-state index >= 15 is 0 Å². The van der Waals surface area contributed by atoms with Crippen molar-refractivity contribution in [3.05, 3.63) is 112 Å². The molecule has 32 heavy (non-hydrogen) atoms.